The number of nitrogens with one attached hydrogen (secondary N) is 1. The number of rotatable bonds is 7. The number of esters is 1. The Morgan fingerprint density at radius 3 is 2.27 bits per heavy atom. The van der Waals surface area contributed by atoms with Crippen LogP contribution >= 0.6 is 23.4 Å². The predicted octanol–water partition coefficient (Wildman–Crippen LogP) is 2.26. The molecule has 0 saturated heterocycles. The van der Waals surface area contributed by atoms with Crippen molar-refractivity contribution < 1.29 is 22.7 Å². The van der Waals surface area contributed by atoms with E-state index >= 15 is 0 Å². The number of anilines is 1. The van der Waals surface area contributed by atoms with Gasteiger partial charge in [-0.25, -0.2) is 13.6 Å². The van der Waals surface area contributed by atoms with E-state index in [4.69, 9.17) is 21.5 Å². The van der Waals surface area contributed by atoms with Crippen LogP contribution in [0.15, 0.2) is 58.3 Å². The van der Waals surface area contributed by atoms with Gasteiger partial charge in [0, 0.05) is 15.6 Å². The molecule has 7 nitrogen and oxygen atoms in total. The zero-order valence-electron chi connectivity index (χ0n) is 13.3. The third-order valence-corrected chi connectivity index (χ3v) is 5.17. The molecule has 0 saturated carbocycles. The zero-order chi connectivity index (χ0) is 19.2. The van der Waals surface area contributed by atoms with Crippen LogP contribution in [0.1, 0.15) is 0 Å². The molecule has 0 spiro atoms. The van der Waals surface area contributed by atoms with E-state index in [1.165, 1.54) is 36.0 Å². The lowest BCUT2D eigenvalue weighted by Crippen LogP contribution is -2.21. The number of hydrogen-bond donors (Lipinski definition) is 2. The van der Waals surface area contributed by atoms with Crippen molar-refractivity contribution in [2.45, 2.75) is 9.79 Å². The fourth-order valence-corrected chi connectivity index (χ4v) is 3.12. The van der Waals surface area contributed by atoms with Gasteiger partial charge in [-0.15, -0.1) is 11.8 Å². The number of halogens is 1. The van der Waals surface area contributed by atoms with Crippen molar-refractivity contribution in [3.05, 3.63) is 53.6 Å². The van der Waals surface area contributed by atoms with Gasteiger partial charge in [0.2, 0.25) is 10.0 Å². The van der Waals surface area contributed by atoms with Crippen molar-refractivity contribution in [1.82, 2.24) is 0 Å². The molecule has 0 heterocycles. The third-order valence-electron chi connectivity index (χ3n) is 3.00. The Morgan fingerprint density at radius 1 is 1.08 bits per heavy atom. The van der Waals surface area contributed by atoms with Crippen LogP contribution in [0.25, 0.3) is 0 Å². The quantitative estimate of drug-likeness (QED) is 0.530. The molecule has 0 bridgehead atoms. The number of nitrogens with two attached hydrogens (primary N) is 1. The van der Waals surface area contributed by atoms with Crippen molar-refractivity contribution >= 4 is 50.9 Å². The van der Waals surface area contributed by atoms with E-state index in [0.29, 0.717) is 10.7 Å². The molecule has 0 radical (unpaired) electrons. The van der Waals surface area contributed by atoms with Gasteiger partial charge in [-0.2, -0.15) is 0 Å². The van der Waals surface area contributed by atoms with E-state index in [0.717, 1.165) is 4.90 Å². The zero-order valence-corrected chi connectivity index (χ0v) is 15.7. The molecule has 2 rings (SSSR count). The first-order chi connectivity index (χ1) is 12.2. The Hall–Kier alpha value is -2.07. The Labute approximate surface area is 159 Å². The molecule has 0 atom stereocenters. The lowest BCUT2D eigenvalue weighted by Gasteiger charge is -2.07. The van der Waals surface area contributed by atoms with Gasteiger partial charge in [0.15, 0.2) is 6.61 Å². The fraction of sp³-hybridized carbons (Fsp3) is 0.125. The van der Waals surface area contributed by atoms with Gasteiger partial charge in [0.05, 0.1) is 10.6 Å². The molecular weight excluding hydrogens is 400 g/mol. The van der Waals surface area contributed by atoms with Crippen LogP contribution in [0, 0.1) is 0 Å². The average Bonchev–Trinajstić information content (AvgIpc) is 2.59. The summed E-state index contributed by atoms with van der Waals surface area (Å²) < 4.78 is 27.2. The van der Waals surface area contributed by atoms with Gasteiger partial charge in [0.1, 0.15) is 0 Å². The normalized spacial score (nSPS) is 11.0. The van der Waals surface area contributed by atoms with Crippen LogP contribution in [0.4, 0.5) is 5.69 Å². The first-order valence-electron chi connectivity index (χ1n) is 7.21. The summed E-state index contributed by atoms with van der Waals surface area (Å²) in [5.41, 5.74) is 0.356. The van der Waals surface area contributed by atoms with Gasteiger partial charge >= 0.3 is 5.97 Å². The Kier molecular flexibility index (Phi) is 7.04. The molecule has 0 aliphatic carbocycles. The number of carbonyl (C=O) groups is 2. The summed E-state index contributed by atoms with van der Waals surface area (Å²) in [7, 11) is -3.79. The number of primary sulfonamides is 1. The average molecular weight is 415 g/mol. The number of hydrogen-bond acceptors (Lipinski definition) is 6. The first-order valence-corrected chi connectivity index (χ1v) is 10.1. The highest BCUT2D eigenvalue weighted by molar-refractivity contribution is 8.00. The van der Waals surface area contributed by atoms with Crippen molar-refractivity contribution in [3.8, 4) is 0 Å². The molecule has 0 fully saturated rings. The van der Waals surface area contributed by atoms with Crippen LogP contribution in [0.5, 0.6) is 0 Å². The maximum Gasteiger partial charge on any atom is 0.316 e. The second kappa shape index (κ2) is 9.04. The predicted molar refractivity (Wildman–Crippen MR) is 99.6 cm³/mol. The smallest absolute Gasteiger partial charge is 0.316 e. The topological polar surface area (TPSA) is 116 Å². The van der Waals surface area contributed by atoms with E-state index in [2.05, 4.69) is 5.32 Å². The summed E-state index contributed by atoms with van der Waals surface area (Å²) in [6.07, 6.45) is 0. The lowest BCUT2D eigenvalue weighted by atomic mass is 10.3. The summed E-state index contributed by atoms with van der Waals surface area (Å²) in [4.78, 5) is 24.2. The fourth-order valence-electron chi connectivity index (χ4n) is 1.79. The summed E-state index contributed by atoms with van der Waals surface area (Å²) >= 11 is 7.04. The molecular formula is C16H15ClN2O5S2. The number of sulfonamides is 1. The standard InChI is InChI=1S/C16H15ClN2O5S2/c17-11-1-5-13(6-2-11)25-10-16(21)24-9-15(20)19-12-3-7-14(8-4-12)26(18,22)23/h1-8H,9-10H2,(H,19,20)(H2,18,22,23). The number of carbonyl (C=O) groups excluding carboxylic acids is 2. The minimum absolute atomic E-state index is 0.0535. The maximum atomic E-state index is 11.8. The summed E-state index contributed by atoms with van der Waals surface area (Å²) in [6.45, 7) is -0.447. The number of thioether (sulfide) groups is 1. The monoisotopic (exact) mass is 414 g/mol. The van der Waals surface area contributed by atoms with Crippen LogP contribution in [-0.2, 0) is 24.3 Å². The third kappa shape index (κ3) is 6.68. The molecule has 0 aliphatic rings. The molecule has 0 aliphatic heterocycles. The summed E-state index contributed by atoms with van der Waals surface area (Å²) in [5.74, 6) is -1.03. The number of amides is 1. The second-order valence-corrected chi connectivity index (χ2v) is 8.07. The summed E-state index contributed by atoms with van der Waals surface area (Å²) in [5, 5.41) is 8.07. The highest BCUT2D eigenvalue weighted by Crippen LogP contribution is 2.20. The molecule has 138 valence electrons. The molecule has 2 aromatic rings. The van der Waals surface area contributed by atoms with E-state index in [9.17, 15) is 18.0 Å². The van der Waals surface area contributed by atoms with Gasteiger partial charge < -0.3 is 10.1 Å². The van der Waals surface area contributed by atoms with Crippen molar-refractivity contribution in [2.24, 2.45) is 5.14 Å². The minimum Gasteiger partial charge on any atom is -0.455 e. The van der Waals surface area contributed by atoms with Gasteiger partial charge in [-0.3, -0.25) is 9.59 Å². The molecule has 10 heteroatoms. The van der Waals surface area contributed by atoms with E-state index < -0.39 is 28.5 Å². The van der Waals surface area contributed by atoms with Crippen LogP contribution in [0.2, 0.25) is 5.02 Å². The van der Waals surface area contributed by atoms with Crippen LogP contribution in [-0.4, -0.2) is 32.7 Å². The van der Waals surface area contributed by atoms with Gasteiger partial charge in [-0.1, -0.05) is 11.6 Å². The molecule has 2 aromatic carbocycles. The maximum absolute atomic E-state index is 11.8. The van der Waals surface area contributed by atoms with E-state index in [-0.39, 0.29) is 10.6 Å². The molecule has 26 heavy (non-hydrogen) atoms. The SMILES string of the molecule is NS(=O)(=O)c1ccc(NC(=O)COC(=O)CSc2ccc(Cl)cc2)cc1. The molecule has 1 amide bonds. The van der Waals surface area contributed by atoms with Crippen LogP contribution < -0.4 is 10.5 Å². The summed E-state index contributed by atoms with van der Waals surface area (Å²) in [6, 6.07) is 12.3. The minimum atomic E-state index is -3.79. The second-order valence-electron chi connectivity index (χ2n) is 5.02. The largest absolute Gasteiger partial charge is 0.455 e. The number of benzene rings is 2. The Balaban J connectivity index is 1.75. The van der Waals surface area contributed by atoms with Crippen LogP contribution in [0.3, 0.4) is 0 Å². The van der Waals surface area contributed by atoms with Gasteiger partial charge in [-0.05, 0) is 48.5 Å². The Morgan fingerprint density at radius 2 is 1.69 bits per heavy atom. The lowest BCUT2D eigenvalue weighted by molar-refractivity contribution is -0.144. The molecule has 0 aromatic heterocycles. The molecule has 0 unspecified atom stereocenters. The Bertz CT molecular complexity index is 884. The highest BCUT2D eigenvalue weighted by atomic mass is 35.5. The van der Waals surface area contributed by atoms with Crippen molar-refractivity contribution in [1.29, 1.82) is 0 Å². The first kappa shape index (κ1) is 20.2. The van der Waals surface area contributed by atoms with Crippen molar-refractivity contribution in [2.75, 3.05) is 17.7 Å². The molecule has 3 N–H and O–H groups in total. The van der Waals surface area contributed by atoms with E-state index in [1.54, 1.807) is 24.3 Å². The highest BCUT2D eigenvalue weighted by Gasteiger charge is 2.10. The number of ether oxygens (including phenoxy) is 1. The van der Waals surface area contributed by atoms with E-state index in [1.807, 2.05) is 0 Å². The van der Waals surface area contributed by atoms with Crippen molar-refractivity contribution in [3.63, 3.8) is 0 Å². The van der Waals surface area contributed by atoms with Gasteiger partial charge in [0.25, 0.3) is 5.91 Å².